The van der Waals surface area contributed by atoms with Crippen LogP contribution < -0.4 is 10.1 Å². The Bertz CT molecular complexity index is 828. The van der Waals surface area contributed by atoms with E-state index < -0.39 is 0 Å². The minimum Gasteiger partial charge on any atom is -0.497 e. The van der Waals surface area contributed by atoms with E-state index in [1.165, 1.54) is 7.11 Å². The van der Waals surface area contributed by atoms with Gasteiger partial charge in [0.2, 0.25) is 0 Å². The van der Waals surface area contributed by atoms with Gasteiger partial charge in [-0.05, 0) is 66.8 Å². The molecule has 130 valence electrons. The van der Waals surface area contributed by atoms with Crippen LogP contribution in [0.3, 0.4) is 0 Å². The quantitative estimate of drug-likeness (QED) is 0.869. The average Bonchev–Trinajstić information content (AvgIpc) is 3.02. The number of hydrogen-bond donors (Lipinski definition) is 1. The van der Waals surface area contributed by atoms with Crippen LogP contribution in [0.4, 0.5) is 0 Å². The lowest BCUT2D eigenvalue weighted by Crippen LogP contribution is -2.27. The number of carbonyl (C=O) groups is 2. The van der Waals surface area contributed by atoms with Gasteiger partial charge in [0, 0.05) is 5.56 Å². The second-order valence-electron chi connectivity index (χ2n) is 6.15. The zero-order valence-electron chi connectivity index (χ0n) is 14.6. The SMILES string of the molecule is COC(=O)c1ccc2c(c1)C(NC(=O)c1ccc(OC)cc1C)CC2. The van der Waals surface area contributed by atoms with E-state index in [1.807, 2.05) is 25.1 Å². The number of esters is 1. The predicted molar refractivity (Wildman–Crippen MR) is 94.0 cm³/mol. The van der Waals surface area contributed by atoms with Crippen LogP contribution in [0.2, 0.25) is 0 Å². The highest BCUT2D eigenvalue weighted by Gasteiger charge is 2.26. The zero-order valence-corrected chi connectivity index (χ0v) is 14.6. The van der Waals surface area contributed by atoms with E-state index in [0.29, 0.717) is 11.1 Å². The summed E-state index contributed by atoms with van der Waals surface area (Å²) >= 11 is 0. The zero-order chi connectivity index (χ0) is 18.0. The van der Waals surface area contributed by atoms with Gasteiger partial charge in [-0.2, -0.15) is 0 Å². The van der Waals surface area contributed by atoms with Gasteiger partial charge in [0.15, 0.2) is 0 Å². The van der Waals surface area contributed by atoms with Gasteiger partial charge in [0.1, 0.15) is 5.75 Å². The van der Waals surface area contributed by atoms with Crippen molar-refractivity contribution >= 4 is 11.9 Å². The standard InChI is InChI=1S/C20H21NO4/c1-12-10-15(24-2)7-8-16(12)19(22)21-18-9-6-13-4-5-14(11-17(13)18)20(23)25-3/h4-5,7-8,10-11,18H,6,9H2,1-3H3,(H,21,22). The van der Waals surface area contributed by atoms with Gasteiger partial charge in [-0.25, -0.2) is 4.79 Å². The van der Waals surface area contributed by atoms with Crippen LogP contribution in [0.15, 0.2) is 36.4 Å². The van der Waals surface area contributed by atoms with Crippen molar-refractivity contribution in [2.24, 2.45) is 0 Å². The fourth-order valence-electron chi connectivity index (χ4n) is 3.25. The summed E-state index contributed by atoms with van der Waals surface area (Å²) in [6.45, 7) is 1.88. The van der Waals surface area contributed by atoms with Crippen molar-refractivity contribution < 1.29 is 19.1 Å². The highest BCUT2D eigenvalue weighted by molar-refractivity contribution is 5.96. The summed E-state index contributed by atoms with van der Waals surface area (Å²) in [5, 5.41) is 3.08. The number of nitrogens with one attached hydrogen (secondary N) is 1. The molecule has 0 aromatic heterocycles. The molecule has 25 heavy (non-hydrogen) atoms. The number of carbonyl (C=O) groups excluding carboxylic acids is 2. The van der Waals surface area contributed by atoms with Crippen molar-refractivity contribution in [1.29, 1.82) is 0 Å². The molecule has 1 amide bonds. The third-order valence-electron chi connectivity index (χ3n) is 4.63. The van der Waals surface area contributed by atoms with Crippen molar-refractivity contribution in [2.75, 3.05) is 14.2 Å². The Morgan fingerprint density at radius 1 is 1.12 bits per heavy atom. The van der Waals surface area contributed by atoms with Gasteiger partial charge in [0.05, 0.1) is 25.8 Å². The molecule has 1 N–H and O–H groups in total. The lowest BCUT2D eigenvalue weighted by molar-refractivity contribution is 0.0600. The van der Waals surface area contributed by atoms with Crippen molar-refractivity contribution in [3.05, 3.63) is 64.2 Å². The van der Waals surface area contributed by atoms with E-state index >= 15 is 0 Å². The van der Waals surface area contributed by atoms with Crippen LogP contribution >= 0.6 is 0 Å². The maximum Gasteiger partial charge on any atom is 0.337 e. The van der Waals surface area contributed by atoms with Crippen LogP contribution in [0, 0.1) is 6.92 Å². The van der Waals surface area contributed by atoms with Crippen LogP contribution in [0.25, 0.3) is 0 Å². The molecule has 0 saturated heterocycles. The minimum atomic E-state index is -0.370. The van der Waals surface area contributed by atoms with E-state index in [0.717, 1.165) is 35.3 Å². The molecule has 0 spiro atoms. The monoisotopic (exact) mass is 339 g/mol. The number of amides is 1. The number of methoxy groups -OCH3 is 2. The van der Waals surface area contributed by atoms with Crippen LogP contribution in [0.5, 0.6) is 5.75 Å². The Morgan fingerprint density at radius 2 is 1.92 bits per heavy atom. The van der Waals surface area contributed by atoms with Gasteiger partial charge >= 0.3 is 5.97 Å². The predicted octanol–water partition coefficient (Wildman–Crippen LogP) is 3.21. The summed E-state index contributed by atoms with van der Waals surface area (Å²) in [7, 11) is 2.96. The Labute approximate surface area is 147 Å². The fraction of sp³-hybridized carbons (Fsp3) is 0.300. The van der Waals surface area contributed by atoms with Crippen LogP contribution in [0.1, 0.15) is 49.9 Å². The summed E-state index contributed by atoms with van der Waals surface area (Å²) in [5.41, 5.74) is 4.13. The Morgan fingerprint density at radius 3 is 2.60 bits per heavy atom. The topological polar surface area (TPSA) is 64.6 Å². The lowest BCUT2D eigenvalue weighted by atomic mass is 10.0. The Balaban J connectivity index is 1.81. The maximum absolute atomic E-state index is 12.7. The minimum absolute atomic E-state index is 0.103. The molecule has 0 saturated carbocycles. The van der Waals surface area contributed by atoms with E-state index in [9.17, 15) is 9.59 Å². The van der Waals surface area contributed by atoms with Gasteiger partial charge in [-0.15, -0.1) is 0 Å². The van der Waals surface area contributed by atoms with Gasteiger partial charge in [0.25, 0.3) is 5.91 Å². The molecule has 0 bridgehead atoms. The molecule has 3 rings (SSSR count). The van der Waals surface area contributed by atoms with Crippen molar-refractivity contribution in [3.63, 3.8) is 0 Å². The number of aryl methyl sites for hydroxylation is 2. The average molecular weight is 339 g/mol. The second-order valence-corrected chi connectivity index (χ2v) is 6.15. The molecule has 1 aliphatic carbocycles. The first kappa shape index (κ1) is 17.0. The largest absolute Gasteiger partial charge is 0.497 e. The van der Waals surface area contributed by atoms with E-state index in [-0.39, 0.29) is 17.9 Å². The molecule has 2 aromatic carbocycles. The van der Waals surface area contributed by atoms with E-state index in [1.54, 1.807) is 25.3 Å². The molecule has 5 nitrogen and oxygen atoms in total. The van der Waals surface area contributed by atoms with Crippen molar-refractivity contribution in [1.82, 2.24) is 5.32 Å². The molecule has 0 aliphatic heterocycles. The summed E-state index contributed by atoms with van der Waals surface area (Å²) in [5.74, 6) is 0.232. The third kappa shape index (κ3) is 3.36. The summed E-state index contributed by atoms with van der Waals surface area (Å²) in [6.07, 6.45) is 1.70. The number of rotatable bonds is 4. The van der Waals surface area contributed by atoms with E-state index in [4.69, 9.17) is 9.47 Å². The molecular weight excluding hydrogens is 318 g/mol. The highest BCUT2D eigenvalue weighted by Crippen LogP contribution is 2.32. The Kier molecular flexibility index (Phi) is 4.74. The molecule has 5 heteroatoms. The normalized spacial score (nSPS) is 15.4. The first-order valence-corrected chi connectivity index (χ1v) is 8.20. The second kappa shape index (κ2) is 6.97. The highest BCUT2D eigenvalue weighted by atomic mass is 16.5. The number of benzene rings is 2. The summed E-state index contributed by atoms with van der Waals surface area (Å²) in [4.78, 5) is 24.4. The molecule has 2 aromatic rings. The van der Waals surface area contributed by atoms with Gasteiger partial charge in [-0.1, -0.05) is 6.07 Å². The van der Waals surface area contributed by atoms with E-state index in [2.05, 4.69) is 5.32 Å². The van der Waals surface area contributed by atoms with Crippen LogP contribution in [-0.4, -0.2) is 26.1 Å². The first-order valence-electron chi connectivity index (χ1n) is 8.20. The summed E-state index contributed by atoms with van der Waals surface area (Å²) < 4.78 is 9.96. The maximum atomic E-state index is 12.7. The lowest BCUT2D eigenvalue weighted by Gasteiger charge is -2.16. The fourth-order valence-corrected chi connectivity index (χ4v) is 3.25. The number of hydrogen-bond acceptors (Lipinski definition) is 4. The molecular formula is C20H21NO4. The molecule has 1 unspecified atom stereocenters. The Hall–Kier alpha value is -2.82. The first-order chi connectivity index (χ1) is 12.0. The molecule has 0 heterocycles. The molecule has 0 fully saturated rings. The van der Waals surface area contributed by atoms with Crippen molar-refractivity contribution in [3.8, 4) is 5.75 Å². The molecule has 0 radical (unpaired) electrons. The molecule has 1 atom stereocenters. The number of fused-ring (bicyclic) bond motifs is 1. The van der Waals surface area contributed by atoms with Crippen LogP contribution in [-0.2, 0) is 11.2 Å². The van der Waals surface area contributed by atoms with Gasteiger partial charge < -0.3 is 14.8 Å². The number of ether oxygens (including phenoxy) is 2. The summed E-state index contributed by atoms with van der Waals surface area (Å²) in [6, 6.07) is 10.8. The third-order valence-corrected chi connectivity index (χ3v) is 4.63. The molecule has 1 aliphatic rings. The smallest absolute Gasteiger partial charge is 0.337 e. The van der Waals surface area contributed by atoms with Gasteiger partial charge in [-0.3, -0.25) is 4.79 Å². The van der Waals surface area contributed by atoms with Crippen molar-refractivity contribution in [2.45, 2.75) is 25.8 Å².